The number of rotatable bonds is 3. The minimum atomic E-state index is 0.0944. The van der Waals surface area contributed by atoms with E-state index in [-0.39, 0.29) is 5.78 Å². The fraction of sp³-hybridized carbons (Fsp3) is 0.118. The number of hydrogen-bond donors (Lipinski definition) is 0. The summed E-state index contributed by atoms with van der Waals surface area (Å²) in [5, 5.41) is 0. The molecule has 0 N–H and O–H groups in total. The molecule has 0 bridgehead atoms. The maximum Gasteiger partial charge on any atom is 0.200 e. The number of carbonyl (C=O) groups is 1. The molecule has 2 aromatic carbocycles. The number of allylic oxidation sites excluding steroid dienone is 1. The van der Waals surface area contributed by atoms with Gasteiger partial charge in [0.1, 0.15) is 5.75 Å². The lowest BCUT2D eigenvalue weighted by Gasteiger charge is -2.11. The maximum atomic E-state index is 12.5. The van der Waals surface area contributed by atoms with Gasteiger partial charge in [-0.05, 0) is 82.4 Å². The zero-order valence-electron chi connectivity index (χ0n) is 11.7. The van der Waals surface area contributed by atoms with E-state index >= 15 is 0 Å². The topological polar surface area (TPSA) is 26.3 Å². The average Bonchev–Trinajstić information content (AvgIpc) is 2.80. The van der Waals surface area contributed by atoms with Crippen LogP contribution in [0.25, 0.3) is 6.08 Å². The third kappa shape index (κ3) is 3.21. The molecule has 2 nitrogen and oxygen atoms in total. The molecule has 1 heterocycles. The van der Waals surface area contributed by atoms with E-state index in [1.165, 1.54) is 11.8 Å². The second kappa shape index (κ2) is 6.92. The van der Waals surface area contributed by atoms with Crippen LogP contribution in [0.15, 0.2) is 46.2 Å². The second-order valence-electron chi connectivity index (χ2n) is 4.67. The van der Waals surface area contributed by atoms with Gasteiger partial charge in [0, 0.05) is 19.6 Å². The fourth-order valence-corrected chi connectivity index (χ4v) is 5.35. The summed E-state index contributed by atoms with van der Waals surface area (Å²) in [5.41, 5.74) is 1.75. The highest BCUT2D eigenvalue weighted by atomic mass is 127. The predicted octanol–water partition coefficient (Wildman–Crippen LogP) is 5.62. The van der Waals surface area contributed by atoms with Gasteiger partial charge >= 0.3 is 0 Å². The number of fused-ring (bicyclic) bond motifs is 1. The van der Waals surface area contributed by atoms with Gasteiger partial charge in [-0.15, -0.1) is 0 Å². The first-order valence-corrected chi connectivity index (χ1v) is 9.72. The molecular formula is C17H12I2O2S. The van der Waals surface area contributed by atoms with Crippen molar-refractivity contribution in [3.05, 3.63) is 59.6 Å². The number of thioether (sulfide) groups is 1. The summed E-state index contributed by atoms with van der Waals surface area (Å²) >= 11 is 6.09. The Morgan fingerprint density at radius 3 is 2.73 bits per heavy atom. The van der Waals surface area contributed by atoms with E-state index in [0.717, 1.165) is 33.8 Å². The lowest BCUT2D eigenvalue weighted by Crippen LogP contribution is -1.99. The summed E-state index contributed by atoms with van der Waals surface area (Å²) in [7, 11) is 0. The Hall–Kier alpha value is -0.540. The van der Waals surface area contributed by atoms with Crippen LogP contribution in [-0.2, 0) is 0 Å². The van der Waals surface area contributed by atoms with Crippen LogP contribution in [0, 0.1) is 7.14 Å². The lowest BCUT2D eigenvalue weighted by molar-refractivity contribution is 0.104. The fourth-order valence-electron chi connectivity index (χ4n) is 2.26. The Morgan fingerprint density at radius 1 is 1.23 bits per heavy atom. The number of ketones is 1. The molecule has 0 atom stereocenters. The molecule has 0 saturated carbocycles. The number of Topliss-reactive ketones (excluding diaryl/α,β-unsaturated/α-hetero) is 1. The highest BCUT2D eigenvalue weighted by Gasteiger charge is 2.25. The Morgan fingerprint density at radius 2 is 2.00 bits per heavy atom. The quantitative estimate of drug-likeness (QED) is 0.378. The molecule has 0 radical (unpaired) electrons. The van der Waals surface area contributed by atoms with Crippen LogP contribution in [0.2, 0.25) is 0 Å². The van der Waals surface area contributed by atoms with Gasteiger partial charge in [0.05, 0.1) is 15.1 Å². The first-order valence-electron chi connectivity index (χ1n) is 6.75. The third-order valence-corrected chi connectivity index (χ3v) is 5.71. The number of carbonyl (C=O) groups excluding carboxylic acids is 1. The minimum Gasteiger partial charge on any atom is -0.492 e. The highest BCUT2D eigenvalue weighted by Crippen LogP contribution is 2.42. The van der Waals surface area contributed by atoms with Gasteiger partial charge in [0.2, 0.25) is 5.78 Å². The van der Waals surface area contributed by atoms with Gasteiger partial charge in [-0.3, -0.25) is 4.79 Å². The summed E-state index contributed by atoms with van der Waals surface area (Å²) in [4.78, 5) is 14.3. The minimum absolute atomic E-state index is 0.0944. The van der Waals surface area contributed by atoms with Crippen molar-refractivity contribution in [2.45, 2.75) is 11.8 Å². The van der Waals surface area contributed by atoms with Crippen LogP contribution in [0.1, 0.15) is 22.8 Å². The monoisotopic (exact) mass is 534 g/mol. The molecule has 3 rings (SSSR count). The standard InChI is InChI=1S/C17H12I2O2S/c1-2-21-17-10(7-11(18)9-13(17)19)8-15-16(20)12-5-3-4-6-14(12)22-15/h3-9H,2H2,1H3/b15-8-. The van der Waals surface area contributed by atoms with Crippen molar-refractivity contribution in [1.29, 1.82) is 0 Å². The molecule has 22 heavy (non-hydrogen) atoms. The van der Waals surface area contributed by atoms with Gasteiger partial charge < -0.3 is 4.74 Å². The number of hydrogen-bond acceptors (Lipinski definition) is 3. The molecule has 112 valence electrons. The first-order chi connectivity index (χ1) is 10.6. The molecule has 0 saturated heterocycles. The highest BCUT2D eigenvalue weighted by molar-refractivity contribution is 14.1. The normalized spacial score (nSPS) is 15.2. The Balaban J connectivity index is 2.05. The second-order valence-corrected chi connectivity index (χ2v) is 8.17. The zero-order chi connectivity index (χ0) is 15.7. The number of benzene rings is 2. The van der Waals surface area contributed by atoms with E-state index in [4.69, 9.17) is 4.74 Å². The van der Waals surface area contributed by atoms with E-state index in [0.29, 0.717) is 6.61 Å². The van der Waals surface area contributed by atoms with Crippen molar-refractivity contribution < 1.29 is 9.53 Å². The largest absolute Gasteiger partial charge is 0.492 e. The van der Waals surface area contributed by atoms with E-state index in [1.807, 2.05) is 37.3 Å². The van der Waals surface area contributed by atoms with Crippen LogP contribution >= 0.6 is 56.9 Å². The van der Waals surface area contributed by atoms with Crippen molar-refractivity contribution in [1.82, 2.24) is 0 Å². The Labute approximate surface area is 161 Å². The smallest absolute Gasteiger partial charge is 0.200 e. The molecule has 0 fully saturated rings. The van der Waals surface area contributed by atoms with Gasteiger partial charge in [0.25, 0.3) is 0 Å². The SMILES string of the molecule is CCOc1c(I)cc(I)cc1/C=C1\Sc2ccccc2C1=O. The van der Waals surface area contributed by atoms with E-state index in [2.05, 4.69) is 57.3 Å². The molecule has 2 aromatic rings. The van der Waals surface area contributed by atoms with E-state index in [9.17, 15) is 4.79 Å². The van der Waals surface area contributed by atoms with Crippen LogP contribution in [0.5, 0.6) is 5.75 Å². The summed E-state index contributed by atoms with van der Waals surface area (Å²) in [6, 6.07) is 11.9. The van der Waals surface area contributed by atoms with E-state index in [1.54, 1.807) is 0 Å². The summed E-state index contributed by atoms with van der Waals surface area (Å²) in [6.07, 6.45) is 1.95. The molecule has 1 aliphatic rings. The molecule has 0 aliphatic carbocycles. The zero-order valence-corrected chi connectivity index (χ0v) is 16.9. The Bertz CT molecular complexity index is 784. The van der Waals surface area contributed by atoms with Gasteiger partial charge in [0.15, 0.2) is 0 Å². The predicted molar refractivity (Wildman–Crippen MR) is 108 cm³/mol. The summed E-state index contributed by atoms with van der Waals surface area (Å²) < 4.78 is 7.96. The number of ether oxygens (including phenoxy) is 1. The van der Waals surface area contributed by atoms with Crippen molar-refractivity contribution >= 4 is 68.8 Å². The Kier molecular flexibility index (Phi) is 5.13. The van der Waals surface area contributed by atoms with Crippen molar-refractivity contribution in [2.24, 2.45) is 0 Å². The lowest BCUT2D eigenvalue weighted by atomic mass is 10.1. The first kappa shape index (κ1) is 16.3. The van der Waals surface area contributed by atoms with Crippen molar-refractivity contribution in [3.8, 4) is 5.75 Å². The van der Waals surface area contributed by atoms with Crippen molar-refractivity contribution in [2.75, 3.05) is 6.61 Å². The van der Waals surface area contributed by atoms with Gasteiger partial charge in [-0.1, -0.05) is 23.9 Å². The average molecular weight is 534 g/mol. The number of halogens is 2. The molecular weight excluding hydrogens is 522 g/mol. The van der Waals surface area contributed by atoms with Crippen LogP contribution in [0.4, 0.5) is 0 Å². The van der Waals surface area contributed by atoms with Crippen molar-refractivity contribution in [3.63, 3.8) is 0 Å². The molecule has 0 aromatic heterocycles. The summed E-state index contributed by atoms with van der Waals surface area (Å²) in [6.45, 7) is 2.57. The molecule has 0 unspecified atom stereocenters. The van der Waals surface area contributed by atoms with Crippen LogP contribution < -0.4 is 4.74 Å². The molecule has 1 aliphatic heterocycles. The van der Waals surface area contributed by atoms with Gasteiger partial charge in [-0.2, -0.15) is 0 Å². The van der Waals surface area contributed by atoms with E-state index < -0.39 is 0 Å². The van der Waals surface area contributed by atoms with Gasteiger partial charge in [-0.25, -0.2) is 0 Å². The third-order valence-electron chi connectivity index (χ3n) is 3.19. The molecule has 0 spiro atoms. The molecule has 0 amide bonds. The summed E-state index contributed by atoms with van der Waals surface area (Å²) in [5.74, 6) is 0.942. The van der Waals surface area contributed by atoms with Crippen LogP contribution in [0.3, 0.4) is 0 Å². The molecule has 5 heteroatoms. The maximum absolute atomic E-state index is 12.5. The van der Waals surface area contributed by atoms with Crippen LogP contribution in [-0.4, -0.2) is 12.4 Å².